The van der Waals surface area contributed by atoms with Crippen LogP contribution >= 0.6 is 0 Å². The monoisotopic (exact) mass is 910 g/mol. The Labute approximate surface area is 351 Å². The topological polar surface area (TPSA) is 291 Å². The average Bonchev–Trinajstić information content (AvgIpc) is 3.09. The molecular formula is C34H24BaN6O12S2. The van der Waals surface area contributed by atoms with E-state index in [2.05, 4.69) is 20.5 Å². The molecule has 0 heterocycles. The minimum Gasteiger partial charge on any atom is -0.744 e. The molecule has 0 aliphatic heterocycles. The Morgan fingerprint density at radius 1 is 0.545 bits per heavy atom. The fraction of sp³-hybridized carbons (Fsp3) is 0.0588. The number of para-hydroxylation sites is 2. The van der Waals surface area contributed by atoms with Crippen molar-refractivity contribution in [1.29, 1.82) is 0 Å². The Balaban J connectivity index is 0.000000240. The van der Waals surface area contributed by atoms with Crippen LogP contribution in [0.3, 0.4) is 0 Å². The zero-order valence-electron chi connectivity index (χ0n) is 28.4. The number of rotatable bonds is 8. The Kier molecular flexibility index (Phi) is 13.2. The van der Waals surface area contributed by atoms with Crippen LogP contribution < -0.4 is 0 Å². The van der Waals surface area contributed by atoms with Crippen LogP contribution in [0.25, 0.3) is 21.5 Å². The number of aromatic hydroxyl groups is 2. The first kappa shape index (κ1) is 42.6. The van der Waals surface area contributed by atoms with Gasteiger partial charge in [0.05, 0.1) is 19.6 Å². The molecule has 0 aliphatic rings. The Morgan fingerprint density at radius 2 is 0.891 bits per heavy atom. The second-order valence-electron chi connectivity index (χ2n) is 11.3. The van der Waals surface area contributed by atoms with E-state index in [-0.39, 0.29) is 83.0 Å². The van der Waals surface area contributed by atoms with Crippen molar-refractivity contribution in [2.75, 3.05) is 0 Å². The summed E-state index contributed by atoms with van der Waals surface area (Å²) >= 11 is 0. The molecule has 6 aromatic rings. The smallest absolute Gasteiger partial charge is 0.744 e. The minimum absolute atomic E-state index is 0. The van der Waals surface area contributed by atoms with Crippen molar-refractivity contribution in [3.63, 3.8) is 0 Å². The summed E-state index contributed by atoms with van der Waals surface area (Å²) in [4.78, 5) is 19.6. The predicted molar refractivity (Wildman–Crippen MR) is 197 cm³/mol. The maximum atomic E-state index is 11.4. The van der Waals surface area contributed by atoms with Crippen LogP contribution in [0.4, 0.5) is 34.1 Å². The molecular weight excluding hydrogens is 886 g/mol. The van der Waals surface area contributed by atoms with E-state index in [1.165, 1.54) is 50.2 Å². The van der Waals surface area contributed by atoms with Crippen LogP contribution in [0.1, 0.15) is 11.1 Å². The quantitative estimate of drug-likeness (QED) is 0.0486. The van der Waals surface area contributed by atoms with Gasteiger partial charge in [0, 0.05) is 21.9 Å². The number of aryl methyl sites for hydroxylation is 2. The molecule has 0 saturated heterocycles. The molecule has 0 unspecified atom stereocenters. The SMILES string of the molecule is Cc1cccc(N=Nc2c(O)c(S(=O)(=O)[O-])cc3ccccc23)c1[N+](=O)[O-].Cc1cccc(N=Nc2c(O)c(S(=O)(=O)[O-])cc3ccccc23)c1[N+](=O)[O-].[Ba+2]. The summed E-state index contributed by atoms with van der Waals surface area (Å²) in [6.45, 7) is 3.07. The molecule has 0 saturated carbocycles. The van der Waals surface area contributed by atoms with Crippen LogP contribution in [-0.2, 0) is 20.2 Å². The van der Waals surface area contributed by atoms with Gasteiger partial charge in [-0.05, 0) is 48.9 Å². The van der Waals surface area contributed by atoms with Crippen LogP contribution in [-0.4, -0.2) is 94.9 Å². The van der Waals surface area contributed by atoms with Gasteiger partial charge in [-0.15, -0.1) is 20.5 Å². The molecule has 0 aliphatic carbocycles. The maximum absolute atomic E-state index is 11.4. The molecule has 0 atom stereocenters. The van der Waals surface area contributed by atoms with Crippen molar-refractivity contribution < 1.29 is 46.0 Å². The summed E-state index contributed by atoms with van der Waals surface area (Å²) in [7, 11) is -9.94. The van der Waals surface area contributed by atoms with Gasteiger partial charge in [-0.2, -0.15) is 0 Å². The van der Waals surface area contributed by atoms with Gasteiger partial charge < -0.3 is 19.3 Å². The number of hydrogen-bond donors (Lipinski definition) is 2. The van der Waals surface area contributed by atoms with Crippen molar-refractivity contribution in [2.24, 2.45) is 20.5 Å². The van der Waals surface area contributed by atoms with Crippen molar-refractivity contribution >= 4 is 125 Å². The standard InChI is InChI=1S/2C17H13N3O6S.Ba/c2*1-10-5-4-8-13(16(10)20(22)23)18-19-15-12-7-3-2-6-11(12)9-14(17(15)21)27(24,25)26;/h2*2-9,21H,1H3,(H,24,25,26);/q;;+2/p-2. The van der Waals surface area contributed by atoms with Gasteiger partial charge >= 0.3 is 48.9 Å². The third kappa shape index (κ3) is 9.38. The van der Waals surface area contributed by atoms with Crippen molar-refractivity contribution in [1.82, 2.24) is 0 Å². The van der Waals surface area contributed by atoms with E-state index in [4.69, 9.17) is 0 Å². The first-order chi connectivity index (χ1) is 25.4. The Bertz CT molecular complexity index is 2610. The van der Waals surface area contributed by atoms with Gasteiger partial charge in [-0.1, -0.05) is 72.8 Å². The summed E-state index contributed by atoms with van der Waals surface area (Å²) < 4.78 is 68.6. The molecule has 21 heteroatoms. The molecule has 0 radical (unpaired) electrons. The summed E-state index contributed by atoms with van der Waals surface area (Å²) in [6.07, 6.45) is 0. The summed E-state index contributed by atoms with van der Waals surface area (Å²) in [5.74, 6) is -1.72. The number of nitro benzene ring substituents is 2. The third-order valence-electron chi connectivity index (χ3n) is 7.77. The van der Waals surface area contributed by atoms with E-state index in [0.717, 1.165) is 12.1 Å². The second kappa shape index (κ2) is 17.1. The minimum atomic E-state index is -4.97. The van der Waals surface area contributed by atoms with E-state index < -0.39 is 51.4 Å². The summed E-state index contributed by atoms with van der Waals surface area (Å²) in [5, 5.41) is 59.7. The van der Waals surface area contributed by atoms with Crippen molar-refractivity contribution in [3.8, 4) is 11.5 Å². The molecule has 18 nitrogen and oxygen atoms in total. The Morgan fingerprint density at radius 3 is 1.22 bits per heavy atom. The van der Waals surface area contributed by atoms with Crippen LogP contribution in [0.15, 0.2) is 127 Å². The van der Waals surface area contributed by atoms with Gasteiger partial charge in [0.1, 0.15) is 31.6 Å². The first-order valence-corrected chi connectivity index (χ1v) is 17.9. The number of hydrogen-bond acceptors (Lipinski definition) is 16. The van der Waals surface area contributed by atoms with Gasteiger partial charge in [0.2, 0.25) is 0 Å². The summed E-state index contributed by atoms with van der Waals surface area (Å²) in [6, 6.07) is 23.7. The maximum Gasteiger partial charge on any atom is 2.00 e. The number of nitrogens with zero attached hydrogens (tertiary/aromatic N) is 6. The van der Waals surface area contributed by atoms with Crippen molar-refractivity contribution in [2.45, 2.75) is 23.6 Å². The third-order valence-corrected chi connectivity index (χ3v) is 9.47. The molecule has 0 fully saturated rings. The van der Waals surface area contributed by atoms with Crippen LogP contribution in [0, 0.1) is 34.1 Å². The number of benzene rings is 6. The molecule has 2 N–H and O–H groups in total. The number of phenols is 2. The zero-order valence-corrected chi connectivity index (χ0v) is 34.5. The van der Waals surface area contributed by atoms with E-state index in [1.807, 2.05) is 0 Å². The molecule has 6 rings (SSSR count). The van der Waals surface area contributed by atoms with Gasteiger partial charge in [-0.3, -0.25) is 20.2 Å². The van der Waals surface area contributed by atoms with Gasteiger partial charge in [0.25, 0.3) is 11.4 Å². The van der Waals surface area contributed by atoms with Gasteiger partial charge in [-0.25, -0.2) is 16.8 Å². The van der Waals surface area contributed by atoms with E-state index in [0.29, 0.717) is 32.7 Å². The Hall–Kier alpha value is -5.17. The van der Waals surface area contributed by atoms with E-state index in [1.54, 1.807) is 48.5 Å². The summed E-state index contributed by atoms with van der Waals surface area (Å²) in [5.41, 5.74) is -0.479. The normalized spacial score (nSPS) is 11.7. The number of fused-ring (bicyclic) bond motifs is 2. The van der Waals surface area contributed by atoms with Crippen LogP contribution in [0.5, 0.6) is 11.5 Å². The fourth-order valence-electron chi connectivity index (χ4n) is 5.30. The van der Waals surface area contributed by atoms with Gasteiger partial charge in [0.15, 0.2) is 22.9 Å². The molecule has 276 valence electrons. The van der Waals surface area contributed by atoms with Crippen LogP contribution in [0.2, 0.25) is 0 Å². The molecule has 0 aromatic heterocycles. The molecule has 6 aromatic carbocycles. The molecule has 55 heavy (non-hydrogen) atoms. The molecule has 0 bridgehead atoms. The second-order valence-corrected chi connectivity index (χ2v) is 14.0. The molecule has 0 amide bonds. The first-order valence-electron chi connectivity index (χ1n) is 15.1. The van der Waals surface area contributed by atoms with Crippen molar-refractivity contribution in [3.05, 3.63) is 128 Å². The average molecular weight is 910 g/mol. The van der Waals surface area contributed by atoms with E-state index >= 15 is 0 Å². The number of phenolic OH excluding ortho intramolecular Hbond substituents is 2. The predicted octanol–water partition coefficient (Wildman–Crippen LogP) is 7.78. The van der Waals surface area contributed by atoms with E-state index in [9.17, 15) is 56.4 Å². The number of nitro groups is 2. The number of azo groups is 2. The largest absolute Gasteiger partial charge is 2.00 e. The zero-order chi connectivity index (χ0) is 39.5. The molecule has 0 spiro atoms. The fourth-order valence-corrected chi connectivity index (χ4v) is 6.51.